The van der Waals surface area contributed by atoms with Gasteiger partial charge in [-0.1, -0.05) is 35.3 Å². The minimum atomic E-state index is -1.07. The van der Waals surface area contributed by atoms with Gasteiger partial charge in [-0.25, -0.2) is 9.78 Å². The number of esters is 1. The Hall–Kier alpha value is -2.51. The fourth-order valence-corrected chi connectivity index (χ4v) is 2.31. The normalized spacial score (nSPS) is 11.4. The van der Waals surface area contributed by atoms with Crippen LogP contribution in [0.25, 0.3) is 0 Å². The number of halogens is 2. The van der Waals surface area contributed by atoms with E-state index in [0.29, 0.717) is 16.5 Å². The number of nitrogens with zero attached hydrogens (tertiary/aromatic N) is 1. The molecule has 0 saturated carbocycles. The highest BCUT2D eigenvalue weighted by Gasteiger charge is 2.20. The van der Waals surface area contributed by atoms with Crippen molar-refractivity contribution in [2.24, 2.45) is 0 Å². The van der Waals surface area contributed by atoms with Crippen molar-refractivity contribution in [1.82, 2.24) is 4.98 Å². The van der Waals surface area contributed by atoms with Crippen LogP contribution >= 0.6 is 23.2 Å². The molecule has 138 valence electrons. The van der Waals surface area contributed by atoms with Crippen molar-refractivity contribution in [3.63, 3.8) is 0 Å². The van der Waals surface area contributed by atoms with Crippen LogP contribution in [0.1, 0.15) is 6.92 Å². The number of aromatic nitrogens is 1. The molecule has 0 fully saturated rings. The Balaban J connectivity index is 1.86. The number of nitrogens with one attached hydrogen (secondary N) is 1. The van der Waals surface area contributed by atoms with Crippen molar-refractivity contribution < 1.29 is 23.8 Å². The average molecular weight is 399 g/mol. The highest BCUT2D eigenvalue weighted by molar-refractivity contribution is 6.36. The quantitative estimate of drug-likeness (QED) is 0.719. The predicted octanol–water partition coefficient (Wildman–Crippen LogP) is 3.35. The number of carbonyl (C=O) groups excluding carboxylic acids is 2. The number of rotatable bonds is 7. The molecule has 0 saturated heterocycles. The fraction of sp³-hybridized carbons (Fsp3) is 0.235. The summed E-state index contributed by atoms with van der Waals surface area (Å²) in [6.45, 7) is 1.04. The van der Waals surface area contributed by atoms with E-state index < -0.39 is 18.0 Å². The molecule has 0 aliphatic heterocycles. The van der Waals surface area contributed by atoms with Crippen LogP contribution in [0, 0.1) is 0 Å². The molecule has 2 rings (SSSR count). The van der Waals surface area contributed by atoms with Gasteiger partial charge in [-0.2, -0.15) is 0 Å². The second kappa shape index (κ2) is 9.26. The molecule has 0 radical (unpaired) electrons. The van der Waals surface area contributed by atoms with Crippen LogP contribution < -0.4 is 14.8 Å². The third-order valence-corrected chi connectivity index (χ3v) is 3.64. The maximum Gasteiger partial charge on any atom is 0.344 e. The molecule has 1 N–H and O–H groups in total. The van der Waals surface area contributed by atoms with Gasteiger partial charge >= 0.3 is 5.97 Å². The summed E-state index contributed by atoms with van der Waals surface area (Å²) in [4.78, 5) is 27.8. The zero-order chi connectivity index (χ0) is 19.1. The molecule has 26 heavy (non-hydrogen) atoms. The fourth-order valence-electron chi connectivity index (χ4n) is 1.88. The average Bonchev–Trinajstić information content (AvgIpc) is 2.62. The van der Waals surface area contributed by atoms with Crippen LogP contribution in [-0.2, 0) is 14.3 Å². The number of ether oxygens (including phenoxy) is 3. The minimum Gasteiger partial charge on any atom is -0.493 e. The van der Waals surface area contributed by atoms with Gasteiger partial charge in [-0.15, -0.1) is 0 Å². The summed E-state index contributed by atoms with van der Waals surface area (Å²) in [5.74, 6) is -0.314. The standard InChI is InChI=1S/C17H16Cl2N2O5/c1-10(17(23)21-16-12(19)7-11(18)8-20-16)26-15(22)9-25-14-6-4-3-5-13(14)24-2/h3-8,10H,9H2,1-2H3,(H,20,21,23)/t10-/m0/s1. The third-order valence-electron chi connectivity index (χ3n) is 3.14. The van der Waals surface area contributed by atoms with E-state index in [1.807, 2.05) is 0 Å². The Morgan fingerprint density at radius 1 is 1.23 bits per heavy atom. The molecular weight excluding hydrogens is 383 g/mol. The van der Waals surface area contributed by atoms with Crippen molar-refractivity contribution in [3.05, 3.63) is 46.6 Å². The first-order valence-corrected chi connectivity index (χ1v) is 8.23. The number of hydrogen-bond acceptors (Lipinski definition) is 6. The number of carbonyl (C=O) groups is 2. The van der Waals surface area contributed by atoms with Crippen molar-refractivity contribution in [3.8, 4) is 11.5 Å². The van der Waals surface area contributed by atoms with Gasteiger partial charge in [0.2, 0.25) is 0 Å². The van der Waals surface area contributed by atoms with E-state index in [4.69, 9.17) is 37.4 Å². The van der Waals surface area contributed by atoms with Crippen LogP contribution in [0.4, 0.5) is 5.82 Å². The number of amides is 1. The van der Waals surface area contributed by atoms with Gasteiger partial charge in [-0.05, 0) is 25.1 Å². The number of hydrogen-bond donors (Lipinski definition) is 1. The summed E-state index contributed by atoms with van der Waals surface area (Å²) in [5.41, 5.74) is 0. The molecule has 2 aromatic rings. The zero-order valence-electron chi connectivity index (χ0n) is 14.0. The highest BCUT2D eigenvalue weighted by Crippen LogP contribution is 2.25. The van der Waals surface area contributed by atoms with E-state index in [1.54, 1.807) is 24.3 Å². The van der Waals surface area contributed by atoms with Crippen LogP contribution in [-0.4, -0.2) is 36.7 Å². The van der Waals surface area contributed by atoms with Crippen LogP contribution in [0.15, 0.2) is 36.5 Å². The molecule has 0 aliphatic rings. The van der Waals surface area contributed by atoms with E-state index >= 15 is 0 Å². The maximum absolute atomic E-state index is 12.1. The van der Waals surface area contributed by atoms with E-state index in [-0.39, 0.29) is 17.4 Å². The number of anilines is 1. The molecule has 0 spiro atoms. The number of methoxy groups -OCH3 is 1. The van der Waals surface area contributed by atoms with Crippen molar-refractivity contribution >= 4 is 40.9 Å². The molecule has 1 heterocycles. The lowest BCUT2D eigenvalue weighted by atomic mass is 10.3. The van der Waals surface area contributed by atoms with E-state index in [0.717, 1.165) is 0 Å². The second-order valence-electron chi connectivity index (χ2n) is 5.04. The maximum atomic E-state index is 12.1. The Morgan fingerprint density at radius 3 is 2.58 bits per heavy atom. The number of benzene rings is 1. The molecule has 7 nitrogen and oxygen atoms in total. The second-order valence-corrected chi connectivity index (χ2v) is 5.89. The van der Waals surface area contributed by atoms with Gasteiger partial charge in [0.1, 0.15) is 0 Å². The van der Waals surface area contributed by atoms with Gasteiger partial charge in [0.25, 0.3) is 5.91 Å². The molecule has 1 amide bonds. The lowest BCUT2D eigenvalue weighted by Gasteiger charge is -2.14. The van der Waals surface area contributed by atoms with Gasteiger partial charge in [0.05, 0.1) is 17.2 Å². The van der Waals surface area contributed by atoms with Gasteiger partial charge in [0.15, 0.2) is 30.0 Å². The minimum absolute atomic E-state index is 0.120. The molecule has 0 unspecified atom stereocenters. The van der Waals surface area contributed by atoms with Gasteiger partial charge in [0, 0.05) is 6.20 Å². The van der Waals surface area contributed by atoms with Crippen molar-refractivity contribution in [1.29, 1.82) is 0 Å². The molecule has 9 heteroatoms. The number of para-hydroxylation sites is 2. The predicted molar refractivity (Wildman–Crippen MR) is 96.9 cm³/mol. The summed E-state index contributed by atoms with van der Waals surface area (Å²) >= 11 is 11.7. The summed E-state index contributed by atoms with van der Waals surface area (Å²) in [7, 11) is 1.49. The third kappa shape index (κ3) is 5.50. The lowest BCUT2D eigenvalue weighted by molar-refractivity contribution is -0.155. The summed E-state index contributed by atoms with van der Waals surface area (Å²) in [6, 6.07) is 8.29. The van der Waals surface area contributed by atoms with E-state index in [1.165, 1.54) is 26.3 Å². The molecule has 0 aliphatic carbocycles. The Morgan fingerprint density at radius 2 is 1.92 bits per heavy atom. The SMILES string of the molecule is COc1ccccc1OCC(=O)O[C@@H](C)C(=O)Nc1ncc(Cl)cc1Cl. The smallest absolute Gasteiger partial charge is 0.344 e. The Kier molecular flexibility index (Phi) is 7.06. The summed E-state index contributed by atoms with van der Waals surface area (Å²) in [5, 5.41) is 2.96. The first-order chi connectivity index (χ1) is 12.4. The monoisotopic (exact) mass is 398 g/mol. The molecule has 1 aromatic carbocycles. The molecular formula is C17H16Cl2N2O5. The van der Waals surface area contributed by atoms with Crippen LogP contribution in [0.3, 0.4) is 0 Å². The van der Waals surface area contributed by atoms with E-state index in [9.17, 15) is 9.59 Å². The number of pyridine rings is 1. The Labute approximate surface area is 160 Å². The first kappa shape index (κ1) is 19.8. The molecule has 1 atom stereocenters. The largest absolute Gasteiger partial charge is 0.493 e. The molecule has 1 aromatic heterocycles. The van der Waals surface area contributed by atoms with Gasteiger partial charge in [-0.3, -0.25) is 4.79 Å². The topological polar surface area (TPSA) is 86.8 Å². The van der Waals surface area contributed by atoms with Crippen LogP contribution in [0.2, 0.25) is 10.0 Å². The first-order valence-electron chi connectivity index (χ1n) is 7.48. The van der Waals surface area contributed by atoms with Crippen molar-refractivity contribution in [2.75, 3.05) is 19.0 Å². The lowest BCUT2D eigenvalue weighted by Crippen LogP contribution is -2.32. The Bertz CT molecular complexity index is 800. The zero-order valence-corrected chi connectivity index (χ0v) is 15.5. The highest BCUT2D eigenvalue weighted by atomic mass is 35.5. The van der Waals surface area contributed by atoms with Gasteiger partial charge < -0.3 is 19.5 Å². The summed E-state index contributed by atoms with van der Waals surface area (Å²) in [6.07, 6.45) is 0.262. The van der Waals surface area contributed by atoms with E-state index in [2.05, 4.69) is 10.3 Å². The van der Waals surface area contributed by atoms with Crippen molar-refractivity contribution in [2.45, 2.75) is 13.0 Å². The van der Waals surface area contributed by atoms with Crippen LogP contribution in [0.5, 0.6) is 11.5 Å². The summed E-state index contributed by atoms with van der Waals surface area (Å²) < 4.78 is 15.5. The molecule has 0 bridgehead atoms.